The highest BCUT2D eigenvalue weighted by Gasteiger charge is 2.47. The van der Waals surface area contributed by atoms with Gasteiger partial charge in [0.15, 0.2) is 8.38 Å². The average Bonchev–Trinajstić information content (AvgIpc) is 2.90. The van der Waals surface area contributed by atoms with E-state index in [1.807, 2.05) is 54.6 Å². The van der Waals surface area contributed by atoms with Crippen LogP contribution in [-0.2, 0) is 14.2 Å². The lowest BCUT2D eigenvalue weighted by atomic mass is 9.84. The highest BCUT2D eigenvalue weighted by Crippen LogP contribution is 2.64. The first-order chi connectivity index (χ1) is 17.2. The summed E-state index contributed by atoms with van der Waals surface area (Å²) < 4.78 is 13.0. The first-order valence-electron chi connectivity index (χ1n) is 12.1. The van der Waals surface area contributed by atoms with Gasteiger partial charge in [-0.3, -0.25) is 0 Å². The van der Waals surface area contributed by atoms with Gasteiger partial charge in [-0.05, 0) is 30.5 Å². The van der Waals surface area contributed by atoms with Gasteiger partial charge in [0.25, 0.3) is 0 Å². The summed E-state index contributed by atoms with van der Waals surface area (Å²) in [6.45, 7) is 2.69. The molecule has 0 fully saturated rings. The smallest absolute Gasteiger partial charge is 0.191 e. The molecule has 2 atom stereocenters. The van der Waals surface area contributed by atoms with E-state index in [4.69, 9.17) is 9.05 Å². The summed E-state index contributed by atoms with van der Waals surface area (Å²) >= 11 is 0. The Balaban J connectivity index is 2.15. The SMILES string of the molecule is CC(O)(CO)CCOP(OCCC(C)(O)CO)C(c1ccccc1)(c1ccccc1)c1ccccc1. The van der Waals surface area contributed by atoms with E-state index in [1.165, 1.54) is 0 Å². The van der Waals surface area contributed by atoms with Gasteiger partial charge in [0.2, 0.25) is 0 Å². The average molecular weight is 513 g/mol. The fraction of sp³-hybridized carbons (Fsp3) is 0.379. The van der Waals surface area contributed by atoms with Gasteiger partial charge in [-0.25, -0.2) is 0 Å². The largest absolute Gasteiger partial charge is 0.393 e. The van der Waals surface area contributed by atoms with Gasteiger partial charge in [0.05, 0.1) is 37.6 Å². The quantitative estimate of drug-likeness (QED) is 0.186. The molecule has 0 aliphatic rings. The summed E-state index contributed by atoms with van der Waals surface area (Å²) in [5.74, 6) is 0. The van der Waals surface area contributed by atoms with Gasteiger partial charge < -0.3 is 29.5 Å². The maximum Gasteiger partial charge on any atom is 0.191 e. The summed E-state index contributed by atoms with van der Waals surface area (Å²) in [4.78, 5) is 0. The molecule has 36 heavy (non-hydrogen) atoms. The van der Waals surface area contributed by atoms with Crippen molar-refractivity contribution in [3.8, 4) is 0 Å². The molecule has 6 nitrogen and oxygen atoms in total. The van der Waals surface area contributed by atoms with Gasteiger partial charge in [-0.15, -0.1) is 0 Å². The molecule has 7 heteroatoms. The van der Waals surface area contributed by atoms with Crippen molar-refractivity contribution >= 4 is 8.38 Å². The molecule has 0 saturated heterocycles. The van der Waals surface area contributed by atoms with E-state index in [2.05, 4.69) is 36.4 Å². The third-order valence-electron chi connectivity index (χ3n) is 6.23. The van der Waals surface area contributed by atoms with Crippen LogP contribution in [0.3, 0.4) is 0 Å². The van der Waals surface area contributed by atoms with Gasteiger partial charge in [0, 0.05) is 12.8 Å². The Kier molecular flexibility index (Phi) is 10.2. The van der Waals surface area contributed by atoms with E-state index in [0.717, 1.165) is 16.7 Å². The van der Waals surface area contributed by atoms with Gasteiger partial charge in [-0.1, -0.05) is 91.0 Å². The lowest BCUT2D eigenvalue weighted by Gasteiger charge is -2.41. The highest BCUT2D eigenvalue weighted by atomic mass is 31.2. The number of rotatable bonds is 14. The number of aliphatic hydroxyl groups excluding tert-OH is 2. The Morgan fingerprint density at radius 2 is 0.889 bits per heavy atom. The summed E-state index contributed by atoms with van der Waals surface area (Å²) in [7, 11) is -1.74. The van der Waals surface area contributed by atoms with Crippen LogP contribution in [0.15, 0.2) is 91.0 Å². The zero-order valence-electron chi connectivity index (χ0n) is 21.0. The third-order valence-corrected chi connectivity index (χ3v) is 8.38. The molecule has 3 rings (SSSR count). The van der Waals surface area contributed by atoms with Gasteiger partial charge in [0.1, 0.15) is 5.16 Å². The van der Waals surface area contributed by atoms with Crippen molar-refractivity contribution < 1.29 is 29.5 Å². The first kappa shape index (κ1) is 28.4. The van der Waals surface area contributed by atoms with Crippen molar-refractivity contribution in [1.29, 1.82) is 0 Å². The predicted octanol–water partition coefficient (Wildman–Crippen LogP) is 4.59. The maximum absolute atomic E-state index is 10.4. The van der Waals surface area contributed by atoms with E-state index < -0.39 is 24.7 Å². The first-order valence-corrected chi connectivity index (χ1v) is 13.3. The van der Waals surface area contributed by atoms with E-state index >= 15 is 0 Å². The van der Waals surface area contributed by atoms with Crippen LogP contribution in [0, 0.1) is 0 Å². The second-order valence-corrected chi connectivity index (χ2v) is 11.2. The topological polar surface area (TPSA) is 99.4 Å². The minimum atomic E-state index is -1.74. The molecule has 0 bridgehead atoms. The molecule has 0 heterocycles. The zero-order chi connectivity index (χ0) is 26.1. The van der Waals surface area contributed by atoms with Crippen LogP contribution in [-0.4, -0.2) is 58.1 Å². The number of hydrogen-bond donors (Lipinski definition) is 4. The molecule has 0 saturated carbocycles. The number of benzene rings is 3. The van der Waals surface area contributed by atoms with Crippen molar-refractivity contribution in [2.45, 2.75) is 43.0 Å². The van der Waals surface area contributed by atoms with Crippen LogP contribution in [0.4, 0.5) is 0 Å². The van der Waals surface area contributed by atoms with Crippen molar-refractivity contribution in [1.82, 2.24) is 0 Å². The predicted molar refractivity (Wildman–Crippen MR) is 143 cm³/mol. The lowest BCUT2D eigenvalue weighted by molar-refractivity contribution is -0.0183. The van der Waals surface area contributed by atoms with E-state index in [1.54, 1.807) is 13.8 Å². The molecule has 3 aromatic carbocycles. The molecule has 0 amide bonds. The molecule has 0 aromatic heterocycles. The van der Waals surface area contributed by atoms with Crippen LogP contribution in [0.5, 0.6) is 0 Å². The minimum absolute atomic E-state index is 0.157. The van der Waals surface area contributed by atoms with Crippen LogP contribution in [0.2, 0.25) is 0 Å². The maximum atomic E-state index is 10.4. The zero-order valence-corrected chi connectivity index (χ0v) is 21.8. The Bertz CT molecular complexity index is 909. The molecule has 0 aliphatic carbocycles. The lowest BCUT2D eigenvalue weighted by Crippen LogP contribution is -2.33. The molecule has 194 valence electrons. The monoisotopic (exact) mass is 512 g/mol. The highest BCUT2D eigenvalue weighted by molar-refractivity contribution is 7.49. The molecule has 0 spiro atoms. The third kappa shape index (κ3) is 6.99. The Labute approximate surface area is 215 Å². The van der Waals surface area contributed by atoms with Crippen molar-refractivity contribution in [2.75, 3.05) is 26.4 Å². The molecule has 2 unspecified atom stereocenters. The van der Waals surface area contributed by atoms with Crippen molar-refractivity contribution in [3.05, 3.63) is 108 Å². The van der Waals surface area contributed by atoms with Crippen LogP contribution in [0.25, 0.3) is 0 Å². The van der Waals surface area contributed by atoms with Crippen LogP contribution < -0.4 is 0 Å². The standard InChI is InChI=1S/C29H37O6P/c1-27(32,22-30)18-20-34-36(35-21-19-28(2,33)23-31)29(24-12-6-3-7-13-24,25-14-8-4-9-15-25)26-16-10-5-11-17-26/h3-17,30-33H,18-23H2,1-2H3. The summed E-state index contributed by atoms with van der Waals surface area (Å²) in [5, 5.41) is 39.0. The summed E-state index contributed by atoms with van der Waals surface area (Å²) in [6.07, 6.45) is 0.434. The Hall–Kier alpha value is -2.15. The Morgan fingerprint density at radius 1 is 0.583 bits per heavy atom. The fourth-order valence-corrected chi connectivity index (χ4v) is 6.00. The molecular formula is C29H37O6P. The van der Waals surface area contributed by atoms with Gasteiger partial charge >= 0.3 is 0 Å². The summed E-state index contributed by atoms with van der Waals surface area (Å²) in [6, 6.07) is 30.1. The molecule has 3 aromatic rings. The fourth-order valence-electron chi connectivity index (χ4n) is 3.94. The van der Waals surface area contributed by atoms with E-state index in [0.29, 0.717) is 0 Å². The van der Waals surface area contributed by atoms with E-state index in [-0.39, 0.29) is 39.3 Å². The van der Waals surface area contributed by atoms with Crippen molar-refractivity contribution in [3.63, 3.8) is 0 Å². The normalized spacial score (nSPS) is 16.2. The molecule has 0 aliphatic heterocycles. The summed E-state index contributed by atoms with van der Waals surface area (Å²) in [5.41, 5.74) is 0.386. The van der Waals surface area contributed by atoms with Gasteiger partial charge in [-0.2, -0.15) is 0 Å². The van der Waals surface area contributed by atoms with Crippen LogP contribution in [0.1, 0.15) is 43.4 Å². The molecule has 0 radical (unpaired) electrons. The van der Waals surface area contributed by atoms with Crippen molar-refractivity contribution in [2.24, 2.45) is 0 Å². The Morgan fingerprint density at radius 3 is 1.17 bits per heavy atom. The number of aliphatic hydroxyl groups is 4. The molecular weight excluding hydrogens is 475 g/mol. The second kappa shape index (κ2) is 12.9. The minimum Gasteiger partial charge on any atom is -0.393 e. The number of hydrogen-bond acceptors (Lipinski definition) is 6. The van der Waals surface area contributed by atoms with E-state index in [9.17, 15) is 20.4 Å². The molecule has 4 N–H and O–H groups in total. The van der Waals surface area contributed by atoms with Crippen LogP contribution >= 0.6 is 8.38 Å². The second-order valence-electron chi connectivity index (χ2n) is 9.54.